The van der Waals surface area contributed by atoms with Crippen molar-refractivity contribution in [2.24, 2.45) is 0 Å². The third-order valence-corrected chi connectivity index (χ3v) is 7.36. The minimum Gasteiger partial charge on any atom is -0.427 e. The predicted octanol–water partition coefficient (Wildman–Crippen LogP) is 2.09. The average Bonchev–Trinajstić information content (AvgIpc) is 3.34. The van der Waals surface area contributed by atoms with E-state index in [4.69, 9.17) is 4.74 Å². The Morgan fingerprint density at radius 2 is 1.89 bits per heavy atom. The lowest BCUT2D eigenvalue weighted by atomic mass is 9.91. The van der Waals surface area contributed by atoms with Crippen LogP contribution < -0.4 is 16.0 Å². The maximum atomic E-state index is 13.6. The Kier molecular flexibility index (Phi) is 6.10. The van der Waals surface area contributed by atoms with Gasteiger partial charge in [0, 0.05) is 44.4 Å². The zero-order valence-electron chi connectivity index (χ0n) is 20.6. The Balaban J connectivity index is 1.36. The Morgan fingerprint density at radius 1 is 1.16 bits per heavy atom. The number of urea groups is 1. The molecular weight excluding hydrogens is 481 g/mol. The highest BCUT2D eigenvalue weighted by atomic mass is 19.1. The summed E-state index contributed by atoms with van der Waals surface area (Å²) in [6.07, 6.45) is -0.140. The zero-order valence-corrected chi connectivity index (χ0v) is 20.6. The quantitative estimate of drug-likeness (QED) is 0.549. The number of nitrogens with zero attached hydrogens (tertiary/aromatic N) is 2. The molecule has 0 bridgehead atoms. The lowest BCUT2D eigenvalue weighted by Gasteiger charge is -2.48. The number of carbonyl (C=O) groups excluding carboxylic acids is 4. The summed E-state index contributed by atoms with van der Waals surface area (Å²) >= 11 is 0. The summed E-state index contributed by atoms with van der Waals surface area (Å²) in [4.78, 5) is 54.1. The van der Waals surface area contributed by atoms with Gasteiger partial charge in [-0.05, 0) is 48.7 Å². The van der Waals surface area contributed by atoms with Gasteiger partial charge in [-0.15, -0.1) is 0 Å². The highest BCUT2D eigenvalue weighted by Gasteiger charge is 2.58. The Bertz CT molecular complexity index is 1280. The molecule has 2 fully saturated rings. The summed E-state index contributed by atoms with van der Waals surface area (Å²) in [6.45, 7) is 2.80. The number of carbonyl (C=O) groups is 4. The van der Waals surface area contributed by atoms with E-state index in [9.17, 15) is 23.6 Å². The van der Waals surface area contributed by atoms with Crippen LogP contribution in [0.5, 0.6) is 0 Å². The highest BCUT2D eigenvalue weighted by molar-refractivity contribution is 6.06. The van der Waals surface area contributed by atoms with Gasteiger partial charge in [0.2, 0.25) is 11.5 Å². The van der Waals surface area contributed by atoms with E-state index >= 15 is 0 Å². The highest BCUT2D eigenvalue weighted by Crippen LogP contribution is 2.46. The van der Waals surface area contributed by atoms with Gasteiger partial charge in [0.15, 0.2) is 0 Å². The van der Waals surface area contributed by atoms with Crippen LogP contribution in [0.25, 0.3) is 0 Å². The third kappa shape index (κ3) is 4.29. The molecule has 1 spiro atoms. The monoisotopic (exact) mass is 509 g/mol. The molecule has 2 aromatic rings. The fourth-order valence-corrected chi connectivity index (χ4v) is 5.18. The molecule has 37 heavy (non-hydrogen) atoms. The summed E-state index contributed by atoms with van der Waals surface area (Å²) in [5.41, 5.74) is 0.639. The van der Waals surface area contributed by atoms with E-state index in [1.54, 1.807) is 35.2 Å². The van der Waals surface area contributed by atoms with E-state index < -0.39 is 35.6 Å². The van der Waals surface area contributed by atoms with Crippen LogP contribution in [0.4, 0.5) is 19.7 Å². The van der Waals surface area contributed by atoms with Crippen molar-refractivity contribution >= 4 is 29.6 Å². The van der Waals surface area contributed by atoms with Crippen molar-refractivity contribution in [2.75, 3.05) is 32.0 Å². The summed E-state index contributed by atoms with van der Waals surface area (Å²) in [5.74, 6) is -1.35. The minimum absolute atomic E-state index is 0.212. The molecule has 11 heteroatoms. The number of amides is 5. The van der Waals surface area contributed by atoms with E-state index in [0.717, 1.165) is 16.0 Å². The predicted molar refractivity (Wildman–Crippen MR) is 131 cm³/mol. The molecule has 0 unspecified atom stereocenters. The largest absolute Gasteiger partial charge is 0.427 e. The van der Waals surface area contributed by atoms with Gasteiger partial charge >= 0.3 is 12.1 Å². The van der Waals surface area contributed by atoms with Crippen molar-refractivity contribution in [3.8, 4) is 0 Å². The molecule has 2 aliphatic heterocycles. The molecule has 0 aromatic heterocycles. The van der Waals surface area contributed by atoms with Crippen LogP contribution in [0, 0.1) is 5.82 Å². The van der Waals surface area contributed by atoms with Gasteiger partial charge in [-0.1, -0.05) is 18.2 Å². The van der Waals surface area contributed by atoms with Crippen LogP contribution in [0.1, 0.15) is 30.0 Å². The molecule has 0 saturated carbocycles. The molecule has 2 aromatic carbocycles. The first-order chi connectivity index (χ1) is 17.6. The molecule has 3 aliphatic rings. The summed E-state index contributed by atoms with van der Waals surface area (Å²) in [6, 6.07) is 10.6. The number of aryl methyl sites for hydroxylation is 1. The summed E-state index contributed by atoms with van der Waals surface area (Å²) in [5, 5.41) is 8.32. The number of fused-ring (bicyclic) bond motifs is 2. The fourth-order valence-electron chi connectivity index (χ4n) is 5.18. The van der Waals surface area contributed by atoms with Crippen LogP contribution in [-0.4, -0.2) is 66.0 Å². The topological polar surface area (TPSA) is 120 Å². The molecule has 1 aliphatic carbocycles. The first-order valence-corrected chi connectivity index (χ1v) is 12.1. The summed E-state index contributed by atoms with van der Waals surface area (Å²) in [7, 11) is 1.51. The molecule has 2 saturated heterocycles. The molecule has 5 rings (SSSR count). The van der Waals surface area contributed by atoms with E-state index in [0.29, 0.717) is 30.8 Å². The number of nitrogens with one attached hydrogen (secondary N) is 3. The van der Waals surface area contributed by atoms with Crippen LogP contribution in [0.15, 0.2) is 42.5 Å². The maximum Gasteiger partial charge on any atom is 0.418 e. The first kappa shape index (κ1) is 24.7. The Morgan fingerprint density at radius 3 is 2.54 bits per heavy atom. The van der Waals surface area contributed by atoms with Crippen molar-refractivity contribution in [3.63, 3.8) is 0 Å². The van der Waals surface area contributed by atoms with Crippen LogP contribution in [0.3, 0.4) is 0 Å². The van der Waals surface area contributed by atoms with Gasteiger partial charge in [-0.2, -0.15) is 0 Å². The first-order valence-electron chi connectivity index (χ1n) is 12.1. The number of hydrogen-bond donors (Lipinski definition) is 3. The number of anilines is 1. The van der Waals surface area contributed by atoms with Gasteiger partial charge in [-0.3, -0.25) is 9.59 Å². The van der Waals surface area contributed by atoms with E-state index in [2.05, 4.69) is 16.0 Å². The molecule has 1 atom stereocenters. The zero-order chi connectivity index (χ0) is 26.4. The maximum absolute atomic E-state index is 13.6. The van der Waals surface area contributed by atoms with E-state index in [1.165, 1.54) is 19.2 Å². The Hall–Kier alpha value is -3.99. The van der Waals surface area contributed by atoms with Gasteiger partial charge in [0.1, 0.15) is 12.4 Å². The van der Waals surface area contributed by atoms with Crippen molar-refractivity contribution in [3.05, 3.63) is 65.0 Å². The number of imide groups is 1. The smallest absolute Gasteiger partial charge is 0.418 e. The van der Waals surface area contributed by atoms with Crippen LogP contribution >= 0.6 is 0 Å². The molecule has 10 nitrogen and oxygen atoms in total. The molecular formula is C26H28FN5O5. The Labute approximate surface area is 213 Å². The molecule has 3 N–H and O–H groups in total. The second-order valence-corrected chi connectivity index (χ2v) is 9.87. The standard InChI is InChI=1S/C26H28FN5O5/c1-25(14-29-15-25)32(12-16-3-5-18(27)6-4-16)21(33)13-31-22(34)26(37-24(31)36)10-9-17-11-19(7-8-20(17)26)30-23(35)28-2/h3-8,11,29H,9-10,12-15H2,1-2H3,(H2,28,30,35)/t26-/m1/s1. The van der Waals surface area contributed by atoms with Crippen molar-refractivity contribution in [1.82, 2.24) is 20.4 Å². The number of ether oxygens (including phenoxy) is 1. The van der Waals surface area contributed by atoms with Crippen molar-refractivity contribution in [1.29, 1.82) is 0 Å². The molecule has 194 valence electrons. The van der Waals surface area contributed by atoms with Gasteiger partial charge < -0.3 is 25.6 Å². The number of benzene rings is 2. The molecule has 5 amide bonds. The number of rotatable bonds is 6. The second kappa shape index (κ2) is 9.15. The van der Waals surface area contributed by atoms with Gasteiger partial charge in [-0.25, -0.2) is 18.9 Å². The average molecular weight is 510 g/mol. The fraction of sp³-hybridized carbons (Fsp3) is 0.385. The minimum atomic E-state index is -1.48. The van der Waals surface area contributed by atoms with Gasteiger partial charge in [0.25, 0.3) is 5.91 Å². The summed E-state index contributed by atoms with van der Waals surface area (Å²) < 4.78 is 19.0. The van der Waals surface area contributed by atoms with Crippen LogP contribution in [0.2, 0.25) is 0 Å². The lowest BCUT2D eigenvalue weighted by Crippen LogP contribution is -2.69. The lowest BCUT2D eigenvalue weighted by molar-refractivity contribution is -0.146. The number of halogens is 1. The van der Waals surface area contributed by atoms with E-state index in [-0.39, 0.29) is 24.8 Å². The molecule has 0 radical (unpaired) electrons. The van der Waals surface area contributed by atoms with Crippen molar-refractivity contribution in [2.45, 2.75) is 37.5 Å². The number of hydrogen-bond acceptors (Lipinski definition) is 6. The second-order valence-electron chi connectivity index (χ2n) is 9.87. The molecule has 2 heterocycles. The van der Waals surface area contributed by atoms with Gasteiger partial charge in [0.05, 0.1) is 5.54 Å². The van der Waals surface area contributed by atoms with Crippen molar-refractivity contribution < 1.29 is 28.3 Å². The normalized spacial score (nSPS) is 21.3. The van der Waals surface area contributed by atoms with E-state index in [1.807, 2.05) is 6.92 Å². The third-order valence-electron chi connectivity index (χ3n) is 7.36. The SMILES string of the molecule is CNC(=O)Nc1ccc2c(c1)CC[C@@]21OC(=O)N(CC(=O)N(Cc2ccc(F)cc2)C2(C)CNC2)C1=O. The van der Waals surface area contributed by atoms with Crippen LogP contribution in [-0.2, 0) is 32.9 Å².